The van der Waals surface area contributed by atoms with Gasteiger partial charge in [0.05, 0.1) is 5.56 Å². The van der Waals surface area contributed by atoms with Crippen LogP contribution in [-0.2, 0) is 11.0 Å². The molecule has 0 unspecified atom stereocenters. The maximum absolute atomic E-state index is 12.8. The highest BCUT2D eigenvalue weighted by Crippen LogP contribution is 2.31. The third-order valence-corrected chi connectivity index (χ3v) is 4.36. The topological polar surface area (TPSA) is 78.4 Å². The van der Waals surface area contributed by atoms with Gasteiger partial charge in [-0.3, -0.25) is 9.59 Å². The van der Waals surface area contributed by atoms with Crippen molar-refractivity contribution in [2.45, 2.75) is 13.1 Å². The largest absolute Gasteiger partial charge is 0.416 e. The Morgan fingerprint density at radius 2 is 1.71 bits per heavy atom. The Bertz CT molecular complexity index is 880. The number of nitrogens with zero attached hydrogens (tertiary/aromatic N) is 4. The lowest BCUT2D eigenvalue weighted by molar-refractivity contribution is -0.137. The summed E-state index contributed by atoms with van der Waals surface area (Å²) >= 11 is 0. The first-order valence-electron chi connectivity index (χ1n) is 8.55. The van der Waals surface area contributed by atoms with Crippen LogP contribution < -0.4 is 5.32 Å². The summed E-state index contributed by atoms with van der Waals surface area (Å²) in [6, 6.07) is 6.08. The summed E-state index contributed by atoms with van der Waals surface area (Å²) < 4.78 is 38.5. The fourth-order valence-electron chi connectivity index (χ4n) is 2.85. The number of benzene rings is 1. The Hall–Kier alpha value is -3.17. The number of carbonyl (C=O) groups excluding carboxylic acids is 2. The summed E-state index contributed by atoms with van der Waals surface area (Å²) in [4.78, 5) is 35.2. The van der Waals surface area contributed by atoms with Gasteiger partial charge in [0.2, 0.25) is 5.91 Å². The fraction of sp³-hybridized carbons (Fsp3) is 0.333. The molecular formula is C18H18F3N5O2. The molecule has 0 radical (unpaired) electrons. The van der Waals surface area contributed by atoms with Crippen LogP contribution >= 0.6 is 0 Å². The van der Waals surface area contributed by atoms with Crippen molar-refractivity contribution in [1.82, 2.24) is 19.8 Å². The summed E-state index contributed by atoms with van der Waals surface area (Å²) in [6.07, 6.45) is -3.28. The van der Waals surface area contributed by atoms with Crippen LogP contribution in [0.1, 0.15) is 23.0 Å². The molecule has 2 aromatic rings. The van der Waals surface area contributed by atoms with E-state index < -0.39 is 11.7 Å². The van der Waals surface area contributed by atoms with Crippen molar-refractivity contribution in [3.63, 3.8) is 0 Å². The average molecular weight is 393 g/mol. The Kier molecular flexibility index (Phi) is 5.48. The molecule has 0 saturated carbocycles. The Morgan fingerprint density at radius 3 is 2.36 bits per heavy atom. The lowest BCUT2D eigenvalue weighted by Gasteiger charge is -2.34. The molecule has 2 amide bonds. The van der Waals surface area contributed by atoms with E-state index in [-0.39, 0.29) is 29.0 Å². The number of amides is 2. The number of aromatic nitrogens is 2. The molecule has 1 saturated heterocycles. The Morgan fingerprint density at radius 1 is 1.04 bits per heavy atom. The van der Waals surface area contributed by atoms with Crippen LogP contribution in [0.5, 0.6) is 0 Å². The SMILES string of the molecule is CC(=O)N1CCN(C(=O)c2cc(Nc3cccc(C(F)(F)F)c3)ncn2)CC1. The monoisotopic (exact) mass is 393 g/mol. The molecule has 28 heavy (non-hydrogen) atoms. The summed E-state index contributed by atoms with van der Waals surface area (Å²) in [6.45, 7) is 3.15. The predicted molar refractivity (Wildman–Crippen MR) is 94.9 cm³/mol. The number of nitrogens with one attached hydrogen (secondary N) is 1. The van der Waals surface area contributed by atoms with Gasteiger partial charge in [-0.2, -0.15) is 13.2 Å². The van der Waals surface area contributed by atoms with Gasteiger partial charge in [0, 0.05) is 44.9 Å². The number of carbonyl (C=O) groups is 2. The minimum atomic E-state index is -4.45. The maximum atomic E-state index is 12.8. The second-order valence-electron chi connectivity index (χ2n) is 6.29. The van der Waals surface area contributed by atoms with Gasteiger partial charge in [-0.25, -0.2) is 9.97 Å². The highest BCUT2D eigenvalue weighted by molar-refractivity contribution is 5.93. The Balaban J connectivity index is 1.71. The van der Waals surface area contributed by atoms with Gasteiger partial charge in [0.15, 0.2) is 0 Å². The van der Waals surface area contributed by atoms with Crippen LogP contribution in [0.2, 0.25) is 0 Å². The second kappa shape index (κ2) is 7.83. The standard InChI is InChI=1S/C18H18F3N5O2/c1-12(27)25-5-7-26(8-6-25)17(28)15-10-16(23-11-22-15)24-14-4-2-3-13(9-14)18(19,20)21/h2-4,9-11H,5-8H2,1H3,(H,22,23,24). The zero-order valence-electron chi connectivity index (χ0n) is 15.0. The van der Waals surface area contributed by atoms with Crippen LogP contribution in [0, 0.1) is 0 Å². The zero-order chi connectivity index (χ0) is 20.3. The lowest BCUT2D eigenvalue weighted by Crippen LogP contribution is -2.50. The summed E-state index contributed by atoms with van der Waals surface area (Å²) in [5.41, 5.74) is -0.464. The summed E-state index contributed by atoms with van der Waals surface area (Å²) in [5.74, 6) is -0.153. The smallest absolute Gasteiger partial charge is 0.340 e. The highest BCUT2D eigenvalue weighted by atomic mass is 19.4. The van der Waals surface area contributed by atoms with E-state index >= 15 is 0 Å². The average Bonchev–Trinajstić information content (AvgIpc) is 2.67. The van der Waals surface area contributed by atoms with Gasteiger partial charge in [-0.15, -0.1) is 0 Å². The minimum Gasteiger partial charge on any atom is -0.340 e. The van der Waals surface area contributed by atoms with Crippen molar-refractivity contribution < 1.29 is 22.8 Å². The van der Waals surface area contributed by atoms with Gasteiger partial charge in [-0.05, 0) is 18.2 Å². The van der Waals surface area contributed by atoms with Crippen molar-refractivity contribution in [3.8, 4) is 0 Å². The molecule has 1 aromatic carbocycles. The number of rotatable bonds is 3. The maximum Gasteiger partial charge on any atom is 0.416 e. The number of piperazine rings is 1. The van der Waals surface area contributed by atoms with Gasteiger partial charge in [0.25, 0.3) is 5.91 Å². The molecule has 10 heteroatoms. The molecule has 3 rings (SSSR count). The van der Waals surface area contributed by atoms with Crippen LogP contribution in [0.3, 0.4) is 0 Å². The van der Waals surface area contributed by atoms with Gasteiger partial charge in [0.1, 0.15) is 17.8 Å². The van der Waals surface area contributed by atoms with E-state index in [0.717, 1.165) is 12.1 Å². The van der Waals surface area contributed by atoms with Crippen molar-refractivity contribution in [2.24, 2.45) is 0 Å². The molecule has 1 aromatic heterocycles. The van der Waals surface area contributed by atoms with Crippen LogP contribution in [-0.4, -0.2) is 57.8 Å². The Labute approximate surface area is 159 Å². The van der Waals surface area contributed by atoms with Gasteiger partial charge >= 0.3 is 6.18 Å². The van der Waals surface area contributed by atoms with Crippen LogP contribution in [0.25, 0.3) is 0 Å². The molecule has 0 bridgehead atoms. The van der Waals surface area contributed by atoms with E-state index in [9.17, 15) is 22.8 Å². The van der Waals surface area contributed by atoms with Crippen molar-refractivity contribution in [3.05, 3.63) is 47.9 Å². The van der Waals surface area contributed by atoms with Crippen molar-refractivity contribution in [1.29, 1.82) is 0 Å². The van der Waals surface area contributed by atoms with Gasteiger partial charge in [-0.1, -0.05) is 6.07 Å². The zero-order valence-corrected chi connectivity index (χ0v) is 15.0. The molecule has 7 nitrogen and oxygen atoms in total. The van der Waals surface area contributed by atoms with Crippen LogP contribution in [0.4, 0.5) is 24.7 Å². The van der Waals surface area contributed by atoms with E-state index in [1.807, 2.05) is 0 Å². The lowest BCUT2D eigenvalue weighted by atomic mass is 10.2. The molecule has 1 fully saturated rings. The molecular weight excluding hydrogens is 375 g/mol. The highest BCUT2D eigenvalue weighted by Gasteiger charge is 2.30. The number of hydrogen-bond acceptors (Lipinski definition) is 5. The number of hydrogen-bond donors (Lipinski definition) is 1. The molecule has 1 aliphatic rings. The number of alkyl halides is 3. The summed E-state index contributed by atoms with van der Waals surface area (Å²) in [5, 5.41) is 2.76. The van der Waals surface area contributed by atoms with E-state index in [1.165, 1.54) is 31.5 Å². The molecule has 0 aliphatic carbocycles. The third-order valence-electron chi connectivity index (χ3n) is 4.36. The molecule has 1 aliphatic heterocycles. The first-order valence-corrected chi connectivity index (χ1v) is 8.55. The second-order valence-corrected chi connectivity index (χ2v) is 6.29. The molecule has 2 heterocycles. The van der Waals surface area contributed by atoms with Crippen LogP contribution in [0.15, 0.2) is 36.7 Å². The molecule has 0 atom stereocenters. The summed E-state index contributed by atoms with van der Waals surface area (Å²) in [7, 11) is 0. The first kappa shape index (κ1) is 19.6. The fourth-order valence-corrected chi connectivity index (χ4v) is 2.85. The minimum absolute atomic E-state index is 0.0401. The van der Waals surface area contributed by atoms with Crippen molar-refractivity contribution in [2.75, 3.05) is 31.5 Å². The predicted octanol–water partition coefficient (Wildman–Crippen LogP) is 2.54. The molecule has 0 spiro atoms. The van der Waals surface area contributed by atoms with E-state index in [0.29, 0.717) is 26.2 Å². The quantitative estimate of drug-likeness (QED) is 0.867. The third kappa shape index (κ3) is 4.56. The number of halogens is 3. The normalized spacial score (nSPS) is 14.7. The molecule has 148 valence electrons. The van der Waals surface area contributed by atoms with Gasteiger partial charge < -0.3 is 15.1 Å². The van der Waals surface area contributed by atoms with E-state index in [4.69, 9.17) is 0 Å². The van der Waals surface area contributed by atoms with Crippen molar-refractivity contribution >= 4 is 23.3 Å². The number of anilines is 2. The van der Waals surface area contributed by atoms with E-state index in [2.05, 4.69) is 15.3 Å². The first-order chi connectivity index (χ1) is 13.2. The molecule has 1 N–H and O–H groups in total. The van der Waals surface area contributed by atoms with E-state index in [1.54, 1.807) is 9.80 Å².